The van der Waals surface area contributed by atoms with Crippen LogP contribution in [0.2, 0.25) is 0 Å². The van der Waals surface area contributed by atoms with E-state index in [4.69, 9.17) is 4.74 Å². The van der Waals surface area contributed by atoms with Gasteiger partial charge in [-0.3, -0.25) is 4.79 Å². The number of hydrogen-bond donors (Lipinski definition) is 2. The van der Waals surface area contributed by atoms with Crippen LogP contribution < -0.4 is 5.32 Å². The quantitative estimate of drug-likeness (QED) is 0.834. The Kier molecular flexibility index (Phi) is 3.73. The Hall–Kier alpha value is -1.26. The molecule has 2 N–H and O–H groups in total. The van der Waals surface area contributed by atoms with Gasteiger partial charge in [-0.2, -0.15) is 0 Å². The van der Waals surface area contributed by atoms with Crippen LogP contribution in [0, 0.1) is 5.41 Å². The molecular formula is C15H25NO4. The first-order valence-electron chi connectivity index (χ1n) is 7.37. The number of carbonyl (C=O) groups excluding carboxylic acids is 1. The van der Waals surface area contributed by atoms with Crippen molar-refractivity contribution in [1.82, 2.24) is 5.32 Å². The van der Waals surface area contributed by atoms with Crippen LogP contribution in [0.1, 0.15) is 65.7 Å². The molecule has 2 saturated carbocycles. The molecule has 2 rings (SSSR count). The van der Waals surface area contributed by atoms with Crippen molar-refractivity contribution >= 4 is 12.1 Å². The number of ether oxygens (including phenoxy) is 1. The third-order valence-corrected chi connectivity index (χ3v) is 4.29. The number of nitrogens with one attached hydrogen (secondary N) is 1. The molecule has 5 heteroatoms. The number of aliphatic carboxylic acids is 1. The summed E-state index contributed by atoms with van der Waals surface area (Å²) in [5.41, 5.74) is -0.925. The zero-order chi connectivity index (χ0) is 15.0. The average molecular weight is 283 g/mol. The summed E-state index contributed by atoms with van der Waals surface area (Å²) < 4.78 is 5.29. The summed E-state index contributed by atoms with van der Waals surface area (Å²) in [6.07, 6.45) is 5.42. The molecular weight excluding hydrogens is 258 g/mol. The second kappa shape index (κ2) is 4.93. The number of alkyl carbamates (subject to hydrolysis) is 1. The van der Waals surface area contributed by atoms with Crippen LogP contribution >= 0.6 is 0 Å². The lowest BCUT2D eigenvalue weighted by Crippen LogP contribution is -2.54. The predicted molar refractivity (Wildman–Crippen MR) is 74.5 cm³/mol. The van der Waals surface area contributed by atoms with Crippen LogP contribution in [0.15, 0.2) is 0 Å². The van der Waals surface area contributed by atoms with Crippen molar-refractivity contribution < 1.29 is 19.4 Å². The zero-order valence-corrected chi connectivity index (χ0v) is 12.6. The SMILES string of the molecule is CC(C)(C)OC(=O)NC1(CC(=O)O)CCCC2(CC2)C1. The van der Waals surface area contributed by atoms with Crippen LogP contribution in [0.5, 0.6) is 0 Å². The minimum absolute atomic E-state index is 0.0198. The van der Waals surface area contributed by atoms with E-state index in [2.05, 4.69) is 5.32 Å². The molecule has 114 valence electrons. The third-order valence-electron chi connectivity index (χ3n) is 4.29. The number of carboxylic acids is 1. The van der Waals surface area contributed by atoms with Crippen molar-refractivity contribution in [2.24, 2.45) is 5.41 Å². The molecule has 2 fully saturated rings. The van der Waals surface area contributed by atoms with Crippen molar-refractivity contribution in [2.75, 3.05) is 0 Å². The maximum atomic E-state index is 12.0. The van der Waals surface area contributed by atoms with E-state index in [0.717, 1.165) is 38.5 Å². The fraction of sp³-hybridized carbons (Fsp3) is 0.867. The molecule has 1 atom stereocenters. The highest BCUT2D eigenvalue weighted by molar-refractivity contribution is 5.73. The summed E-state index contributed by atoms with van der Waals surface area (Å²) in [4.78, 5) is 23.2. The second-order valence-electron chi connectivity index (χ2n) is 7.51. The number of amides is 1. The summed E-state index contributed by atoms with van der Waals surface area (Å²) in [5.74, 6) is -0.862. The standard InChI is InChI=1S/C15H25NO4/c1-13(2,3)20-12(19)16-15(9-11(17)18)6-4-5-14(10-15)7-8-14/h4-10H2,1-3H3,(H,16,19)(H,17,18). The van der Waals surface area contributed by atoms with Crippen LogP contribution in [0.25, 0.3) is 0 Å². The molecule has 2 aliphatic carbocycles. The summed E-state index contributed by atoms with van der Waals surface area (Å²) in [5, 5.41) is 12.0. The largest absolute Gasteiger partial charge is 0.481 e. The molecule has 0 aromatic heterocycles. The van der Waals surface area contributed by atoms with Gasteiger partial charge in [0.05, 0.1) is 12.0 Å². The van der Waals surface area contributed by atoms with Gasteiger partial charge in [0, 0.05) is 0 Å². The topological polar surface area (TPSA) is 75.6 Å². The van der Waals surface area contributed by atoms with Gasteiger partial charge in [0.15, 0.2) is 0 Å². The van der Waals surface area contributed by atoms with E-state index < -0.39 is 23.2 Å². The number of carboxylic acid groups (broad SMARTS) is 1. The van der Waals surface area contributed by atoms with Crippen LogP contribution in [0.4, 0.5) is 4.79 Å². The van der Waals surface area contributed by atoms with Gasteiger partial charge >= 0.3 is 12.1 Å². The van der Waals surface area contributed by atoms with E-state index >= 15 is 0 Å². The molecule has 1 unspecified atom stereocenters. The normalized spacial score (nSPS) is 27.9. The molecule has 0 heterocycles. The number of rotatable bonds is 3. The molecule has 1 amide bonds. The van der Waals surface area contributed by atoms with E-state index in [9.17, 15) is 14.7 Å². The van der Waals surface area contributed by atoms with E-state index in [0.29, 0.717) is 0 Å². The van der Waals surface area contributed by atoms with Crippen molar-refractivity contribution in [1.29, 1.82) is 0 Å². The fourth-order valence-corrected chi connectivity index (χ4v) is 3.41. The maximum Gasteiger partial charge on any atom is 0.408 e. The maximum absolute atomic E-state index is 12.0. The first-order valence-corrected chi connectivity index (χ1v) is 7.37. The Balaban J connectivity index is 2.07. The van der Waals surface area contributed by atoms with Crippen molar-refractivity contribution in [3.8, 4) is 0 Å². The third kappa shape index (κ3) is 3.87. The molecule has 0 saturated heterocycles. The highest BCUT2D eigenvalue weighted by atomic mass is 16.6. The van der Waals surface area contributed by atoms with Gasteiger partial charge in [-0.1, -0.05) is 6.42 Å². The Morgan fingerprint density at radius 2 is 1.85 bits per heavy atom. The van der Waals surface area contributed by atoms with Crippen molar-refractivity contribution in [3.63, 3.8) is 0 Å². The van der Waals surface area contributed by atoms with Gasteiger partial charge in [-0.05, 0) is 58.3 Å². The zero-order valence-electron chi connectivity index (χ0n) is 12.6. The van der Waals surface area contributed by atoms with Crippen LogP contribution in [-0.2, 0) is 9.53 Å². The van der Waals surface area contributed by atoms with Gasteiger partial charge in [-0.15, -0.1) is 0 Å². The monoisotopic (exact) mass is 283 g/mol. The average Bonchev–Trinajstić information content (AvgIpc) is 2.91. The van der Waals surface area contributed by atoms with E-state index in [1.807, 2.05) is 0 Å². The lowest BCUT2D eigenvalue weighted by atomic mass is 9.72. The minimum atomic E-state index is -0.862. The Morgan fingerprint density at radius 1 is 1.20 bits per heavy atom. The Labute approximate surface area is 120 Å². The first kappa shape index (κ1) is 15.1. The molecule has 2 aliphatic rings. The van der Waals surface area contributed by atoms with E-state index in [-0.39, 0.29) is 11.8 Å². The molecule has 0 aromatic rings. The number of hydrogen-bond acceptors (Lipinski definition) is 3. The van der Waals surface area contributed by atoms with Gasteiger partial charge in [-0.25, -0.2) is 4.79 Å². The Morgan fingerprint density at radius 3 is 2.35 bits per heavy atom. The van der Waals surface area contributed by atoms with Gasteiger partial charge in [0.2, 0.25) is 0 Å². The predicted octanol–water partition coefficient (Wildman–Crippen LogP) is 3.08. The molecule has 1 spiro atoms. The highest BCUT2D eigenvalue weighted by Crippen LogP contribution is 2.59. The smallest absolute Gasteiger partial charge is 0.408 e. The van der Waals surface area contributed by atoms with Gasteiger partial charge in [0.25, 0.3) is 0 Å². The second-order valence-corrected chi connectivity index (χ2v) is 7.51. The number of carbonyl (C=O) groups is 2. The van der Waals surface area contributed by atoms with Gasteiger partial charge < -0.3 is 15.2 Å². The Bertz CT molecular complexity index is 409. The molecule has 0 bridgehead atoms. The first-order chi connectivity index (χ1) is 9.14. The van der Waals surface area contributed by atoms with E-state index in [1.54, 1.807) is 20.8 Å². The summed E-state index contributed by atoms with van der Waals surface area (Å²) in [7, 11) is 0. The lowest BCUT2D eigenvalue weighted by Gasteiger charge is -2.41. The van der Waals surface area contributed by atoms with Crippen LogP contribution in [-0.4, -0.2) is 28.3 Å². The lowest BCUT2D eigenvalue weighted by molar-refractivity contribution is -0.139. The summed E-state index contributed by atoms with van der Waals surface area (Å²) in [6, 6.07) is 0. The minimum Gasteiger partial charge on any atom is -0.481 e. The van der Waals surface area contributed by atoms with Gasteiger partial charge in [0.1, 0.15) is 5.60 Å². The van der Waals surface area contributed by atoms with Crippen molar-refractivity contribution in [3.05, 3.63) is 0 Å². The fourth-order valence-electron chi connectivity index (χ4n) is 3.41. The summed E-state index contributed by atoms with van der Waals surface area (Å²) >= 11 is 0. The van der Waals surface area contributed by atoms with Crippen molar-refractivity contribution in [2.45, 2.75) is 76.9 Å². The summed E-state index contributed by atoms with van der Waals surface area (Å²) in [6.45, 7) is 5.42. The molecule has 5 nitrogen and oxygen atoms in total. The highest BCUT2D eigenvalue weighted by Gasteiger charge is 2.52. The van der Waals surface area contributed by atoms with Crippen LogP contribution in [0.3, 0.4) is 0 Å². The molecule has 0 aromatic carbocycles. The molecule has 0 aliphatic heterocycles. The molecule has 0 radical (unpaired) electrons. The molecule has 20 heavy (non-hydrogen) atoms. The van der Waals surface area contributed by atoms with E-state index in [1.165, 1.54) is 0 Å².